The molecule has 2 N–H and O–H groups in total. The monoisotopic (exact) mass is 286 g/mol. The van der Waals surface area contributed by atoms with Crippen LogP contribution in [-0.2, 0) is 26.0 Å². The van der Waals surface area contributed by atoms with Gasteiger partial charge in [-0.1, -0.05) is 12.1 Å². The second kappa shape index (κ2) is 6.26. The van der Waals surface area contributed by atoms with E-state index in [1.54, 1.807) is 0 Å². The molecule has 112 valence electrons. The van der Waals surface area contributed by atoms with Gasteiger partial charge in [-0.25, -0.2) is 0 Å². The van der Waals surface area contributed by atoms with Gasteiger partial charge in [-0.15, -0.1) is 10.2 Å². The van der Waals surface area contributed by atoms with Crippen LogP contribution in [0.4, 0.5) is 0 Å². The zero-order valence-electron chi connectivity index (χ0n) is 12.5. The fraction of sp³-hybridized carbons (Fsp3) is 0.500. The molecule has 0 saturated heterocycles. The minimum atomic E-state index is 0.180. The van der Waals surface area contributed by atoms with E-state index in [1.807, 2.05) is 19.1 Å². The summed E-state index contributed by atoms with van der Waals surface area (Å²) in [4.78, 5) is 0. The molecular weight excluding hydrogens is 264 g/mol. The molecule has 3 rings (SSSR count). The van der Waals surface area contributed by atoms with E-state index in [4.69, 9.17) is 10.5 Å². The van der Waals surface area contributed by atoms with Gasteiger partial charge < -0.3 is 15.0 Å². The molecule has 2 heterocycles. The maximum atomic E-state index is 5.82. The topological polar surface area (TPSA) is 66.0 Å². The third kappa shape index (κ3) is 3.42. The Morgan fingerprint density at radius 3 is 2.81 bits per heavy atom. The second-order valence-corrected chi connectivity index (χ2v) is 5.76. The van der Waals surface area contributed by atoms with Crippen molar-refractivity contribution in [3.8, 4) is 5.75 Å². The Morgan fingerprint density at radius 2 is 2.05 bits per heavy atom. The van der Waals surface area contributed by atoms with Crippen molar-refractivity contribution in [1.29, 1.82) is 0 Å². The zero-order chi connectivity index (χ0) is 14.7. The van der Waals surface area contributed by atoms with Crippen LogP contribution in [0, 0.1) is 0 Å². The summed E-state index contributed by atoms with van der Waals surface area (Å²) in [6.07, 6.45) is 4.32. The Bertz CT molecular complexity index is 589. The first-order valence-electron chi connectivity index (χ1n) is 7.60. The quantitative estimate of drug-likeness (QED) is 0.914. The van der Waals surface area contributed by atoms with E-state index in [0.717, 1.165) is 36.8 Å². The van der Waals surface area contributed by atoms with Crippen molar-refractivity contribution < 1.29 is 4.74 Å². The fourth-order valence-electron chi connectivity index (χ4n) is 2.72. The Hall–Kier alpha value is -1.88. The molecule has 0 amide bonds. The van der Waals surface area contributed by atoms with Crippen molar-refractivity contribution in [2.24, 2.45) is 5.73 Å². The van der Waals surface area contributed by atoms with E-state index in [-0.39, 0.29) is 6.04 Å². The van der Waals surface area contributed by atoms with Crippen LogP contribution in [0.3, 0.4) is 0 Å². The van der Waals surface area contributed by atoms with Crippen molar-refractivity contribution in [2.75, 3.05) is 0 Å². The van der Waals surface area contributed by atoms with Gasteiger partial charge in [-0.2, -0.15) is 0 Å². The molecular formula is C16H22N4O. The predicted molar refractivity (Wildman–Crippen MR) is 81.1 cm³/mol. The highest BCUT2D eigenvalue weighted by Crippen LogP contribution is 2.17. The van der Waals surface area contributed by atoms with Gasteiger partial charge in [0.1, 0.15) is 18.2 Å². The Morgan fingerprint density at radius 1 is 1.24 bits per heavy atom. The highest BCUT2D eigenvalue weighted by Gasteiger charge is 2.15. The summed E-state index contributed by atoms with van der Waals surface area (Å²) >= 11 is 0. The Balaban J connectivity index is 1.61. The summed E-state index contributed by atoms with van der Waals surface area (Å²) in [5.74, 6) is 2.87. The number of rotatable bonds is 5. The molecule has 21 heavy (non-hydrogen) atoms. The molecule has 0 bridgehead atoms. The largest absolute Gasteiger partial charge is 0.486 e. The van der Waals surface area contributed by atoms with Gasteiger partial charge in [0.2, 0.25) is 0 Å². The van der Waals surface area contributed by atoms with Crippen LogP contribution in [0.1, 0.15) is 37.0 Å². The first-order valence-corrected chi connectivity index (χ1v) is 7.60. The van der Waals surface area contributed by atoms with Crippen LogP contribution in [-0.4, -0.2) is 20.8 Å². The van der Waals surface area contributed by atoms with E-state index in [1.165, 1.54) is 18.4 Å². The van der Waals surface area contributed by atoms with Crippen LogP contribution in [0.2, 0.25) is 0 Å². The molecule has 1 aliphatic rings. The number of aromatic nitrogens is 3. The Labute approximate surface area is 125 Å². The maximum Gasteiger partial charge on any atom is 0.171 e. The minimum Gasteiger partial charge on any atom is -0.486 e. The molecule has 1 aromatic carbocycles. The van der Waals surface area contributed by atoms with Crippen molar-refractivity contribution >= 4 is 0 Å². The number of ether oxygens (including phenoxy) is 1. The lowest BCUT2D eigenvalue weighted by Gasteiger charge is -2.15. The lowest BCUT2D eigenvalue weighted by molar-refractivity contribution is 0.286. The summed E-state index contributed by atoms with van der Waals surface area (Å²) in [5.41, 5.74) is 7.03. The second-order valence-electron chi connectivity index (χ2n) is 5.76. The van der Waals surface area contributed by atoms with Crippen LogP contribution >= 0.6 is 0 Å². The van der Waals surface area contributed by atoms with Crippen LogP contribution in [0.5, 0.6) is 5.75 Å². The normalized spacial score (nSPS) is 15.5. The first-order chi connectivity index (χ1) is 10.2. The van der Waals surface area contributed by atoms with Gasteiger partial charge in [0, 0.05) is 19.0 Å². The van der Waals surface area contributed by atoms with E-state index >= 15 is 0 Å². The van der Waals surface area contributed by atoms with E-state index in [9.17, 15) is 0 Å². The molecule has 0 aliphatic carbocycles. The molecule has 5 nitrogen and oxygen atoms in total. The third-order valence-corrected chi connectivity index (χ3v) is 3.79. The molecule has 0 saturated carbocycles. The number of nitrogens with two attached hydrogens (primary N) is 1. The average molecular weight is 286 g/mol. The molecule has 0 radical (unpaired) electrons. The number of hydrogen-bond donors (Lipinski definition) is 1. The van der Waals surface area contributed by atoms with Crippen LogP contribution < -0.4 is 10.5 Å². The predicted octanol–water partition coefficient (Wildman–Crippen LogP) is 2.08. The fourth-order valence-corrected chi connectivity index (χ4v) is 2.72. The number of benzene rings is 1. The van der Waals surface area contributed by atoms with Gasteiger partial charge in [0.15, 0.2) is 5.82 Å². The lowest BCUT2D eigenvalue weighted by atomic mass is 10.1. The van der Waals surface area contributed by atoms with Crippen molar-refractivity contribution in [3.63, 3.8) is 0 Å². The molecule has 2 aromatic rings. The van der Waals surface area contributed by atoms with E-state index < -0.39 is 0 Å². The summed E-state index contributed by atoms with van der Waals surface area (Å²) in [6, 6.07) is 8.30. The molecule has 0 spiro atoms. The maximum absolute atomic E-state index is 5.82. The van der Waals surface area contributed by atoms with Gasteiger partial charge in [-0.3, -0.25) is 0 Å². The SMILES string of the molecule is CC(N)Cc1ccc(OCc2nnc3n2CCCC3)cc1. The van der Waals surface area contributed by atoms with Crippen LogP contribution in [0.15, 0.2) is 24.3 Å². The number of nitrogens with zero attached hydrogens (tertiary/aromatic N) is 3. The highest BCUT2D eigenvalue weighted by molar-refractivity contribution is 5.27. The Kier molecular flexibility index (Phi) is 4.20. The summed E-state index contributed by atoms with van der Waals surface area (Å²) in [6.45, 7) is 3.49. The number of hydrogen-bond acceptors (Lipinski definition) is 4. The summed E-state index contributed by atoms with van der Waals surface area (Å²) < 4.78 is 8.01. The molecule has 1 aliphatic heterocycles. The molecule has 0 fully saturated rings. The minimum absolute atomic E-state index is 0.180. The van der Waals surface area contributed by atoms with Crippen molar-refractivity contribution in [2.45, 2.75) is 51.8 Å². The molecule has 5 heteroatoms. The number of fused-ring (bicyclic) bond motifs is 1. The smallest absolute Gasteiger partial charge is 0.171 e. The van der Waals surface area contributed by atoms with Gasteiger partial charge in [-0.05, 0) is 43.9 Å². The van der Waals surface area contributed by atoms with Crippen molar-refractivity contribution in [3.05, 3.63) is 41.5 Å². The van der Waals surface area contributed by atoms with E-state index in [0.29, 0.717) is 6.61 Å². The molecule has 1 unspecified atom stereocenters. The van der Waals surface area contributed by atoms with Crippen molar-refractivity contribution in [1.82, 2.24) is 14.8 Å². The van der Waals surface area contributed by atoms with Gasteiger partial charge >= 0.3 is 0 Å². The van der Waals surface area contributed by atoms with Crippen LogP contribution in [0.25, 0.3) is 0 Å². The lowest BCUT2D eigenvalue weighted by Crippen LogP contribution is -2.17. The summed E-state index contributed by atoms with van der Waals surface area (Å²) in [7, 11) is 0. The summed E-state index contributed by atoms with van der Waals surface area (Å²) in [5, 5.41) is 8.48. The van der Waals surface area contributed by atoms with Gasteiger partial charge in [0.05, 0.1) is 0 Å². The van der Waals surface area contributed by atoms with Gasteiger partial charge in [0.25, 0.3) is 0 Å². The molecule has 1 aromatic heterocycles. The standard InChI is InChI=1S/C16H22N4O/c1-12(17)10-13-5-7-14(8-6-13)21-11-16-19-18-15-4-2-3-9-20(15)16/h5-8,12H,2-4,9-11,17H2,1H3. The van der Waals surface area contributed by atoms with E-state index in [2.05, 4.69) is 26.9 Å². The average Bonchev–Trinajstić information content (AvgIpc) is 2.89. The number of aryl methyl sites for hydroxylation is 1. The zero-order valence-corrected chi connectivity index (χ0v) is 12.5. The first kappa shape index (κ1) is 14.1. The molecule has 1 atom stereocenters. The third-order valence-electron chi connectivity index (χ3n) is 3.79. The highest BCUT2D eigenvalue weighted by atomic mass is 16.5.